The maximum absolute atomic E-state index is 11.8. The van der Waals surface area contributed by atoms with Crippen LogP contribution in [0.25, 0.3) is 0 Å². The zero-order valence-corrected chi connectivity index (χ0v) is 11.2. The van der Waals surface area contributed by atoms with Crippen LogP contribution >= 0.6 is 0 Å². The van der Waals surface area contributed by atoms with Crippen molar-refractivity contribution >= 4 is 11.9 Å². The Kier molecular flexibility index (Phi) is 6.80. The van der Waals surface area contributed by atoms with Crippen molar-refractivity contribution in [2.75, 3.05) is 13.1 Å². The van der Waals surface area contributed by atoms with Crippen molar-refractivity contribution < 1.29 is 14.7 Å². The van der Waals surface area contributed by atoms with Gasteiger partial charge in [-0.05, 0) is 26.8 Å². The number of carboxylic acids is 1. The minimum atomic E-state index is -0.853. The van der Waals surface area contributed by atoms with E-state index >= 15 is 0 Å². The lowest BCUT2D eigenvalue weighted by Crippen LogP contribution is -2.53. The molecule has 0 rings (SSSR count). The summed E-state index contributed by atoms with van der Waals surface area (Å²) in [6, 6.07) is 0. The predicted molar refractivity (Wildman–Crippen MR) is 66.8 cm³/mol. The Labute approximate surface area is 103 Å². The van der Waals surface area contributed by atoms with Crippen molar-refractivity contribution in [1.82, 2.24) is 10.6 Å². The molecule has 0 heterocycles. The van der Waals surface area contributed by atoms with Crippen LogP contribution in [0.5, 0.6) is 0 Å². The number of carbonyl (C=O) groups excluding carboxylic acids is 1. The van der Waals surface area contributed by atoms with Crippen molar-refractivity contribution in [2.24, 2.45) is 5.92 Å². The van der Waals surface area contributed by atoms with E-state index in [9.17, 15) is 9.59 Å². The van der Waals surface area contributed by atoms with Crippen molar-refractivity contribution in [1.29, 1.82) is 0 Å². The smallest absolute Gasteiger partial charge is 0.308 e. The number of likely N-dealkylation sites (N-methyl/N-ethyl adjacent to an activating group) is 1. The van der Waals surface area contributed by atoms with Crippen LogP contribution in [0.15, 0.2) is 0 Å². The summed E-state index contributed by atoms with van der Waals surface area (Å²) in [4.78, 5) is 22.7. The number of nitrogens with one attached hydrogen (secondary N) is 2. The molecule has 0 radical (unpaired) electrons. The molecule has 0 fully saturated rings. The molecule has 1 unspecified atom stereocenters. The average molecular weight is 244 g/mol. The topological polar surface area (TPSA) is 78.4 Å². The summed E-state index contributed by atoms with van der Waals surface area (Å²) in [5.74, 6) is -1.52. The fourth-order valence-electron chi connectivity index (χ4n) is 1.62. The van der Waals surface area contributed by atoms with Gasteiger partial charge < -0.3 is 15.7 Å². The first-order chi connectivity index (χ1) is 7.85. The highest BCUT2D eigenvalue weighted by atomic mass is 16.4. The van der Waals surface area contributed by atoms with Gasteiger partial charge in [0.25, 0.3) is 0 Å². The molecule has 1 atom stereocenters. The molecule has 0 aliphatic heterocycles. The lowest BCUT2D eigenvalue weighted by atomic mass is 10.0. The number of carbonyl (C=O) groups is 2. The second-order valence-corrected chi connectivity index (χ2v) is 4.69. The second-order valence-electron chi connectivity index (χ2n) is 4.69. The molecule has 5 nitrogen and oxygen atoms in total. The van der Waals surface area contributed by atoms with Gasteiger partial charge in [-0.1, -0.05) is 20.3 Å². The molecule has 17 heavy (non-hydrogen) atoms. The van der Waals surface area contributed by atoms with Gasteiger partial charge >= 0.3 is 5.97 Å². The summed E-state index contributed by atoms with van der Waals surface area (Å²) < 4.78 is 0. The molecule has 0 saturated carbocycles. The minimum Gasteiger partial charge on any atom is -0.481 e. The molecule has 0 bridgehead atoms. The third-order valence-corrected chi connectivity index (χ3v) is 2.68. The standard InChI is InChI=1S/C12H24N2O3/c1-5-7-9(10(15)16)8-13-11(17)12(3,4)14-6-2/h9,14H,5-8H2,1-4H3,(H,13,17)(H,15,16). The fourth-order valence-corrected chi connectivity index (χ4v) is 1.62. The van der Waals surface area contributed by atoms with Crippen LogP contribution in [0, 0.1) is 5.92 Å². The third-order valence-electron chi connectivity index (χ3n) is 2.68. The lowest BCUT2D eigenvalue weighted by Gasteiger charge is -2.25. The molecular weight excluding hydrogens is 220 g/mol. The lowest BCUT2D eigenvalue weighted by molar-refractivity contribution is -0.142. The minimum absolute atomic E-state index is 0.165. The van der Waals surface area contributed by atoms with Crippen LogP contribution in [0.4, 0.5) is 0 Å². The van der Waals surface area contributed by atoms with E-state index in [0.29, 0.717) is 13.0 Å². The predicted octanol–water partition coefficient (Wildman–Crippen LogP) is 0.992. The normalized spacial score (nSPS) is 13.2. The quantitative estimate of drug-likeness (QED) is 0.595. The third kappa shape index (κ3) is 5.68. The highest BCUT2D eigenvalue weighted by Crippen LogP contribution is 2.07. The highest BCUT2D eigenvalue weighted by molar-refractivity contribution is 5.85. The first-order valence-corrected chi connectivity index (χ1v) is 6.11. The van der Waals surface area contributed by atoms with E-state index in [1.807, 2.05) is 13.8 Å². The Morgan fingerprint density at radius 2 is 1.88 bits per heavy atom. The van der Waals surface area contributed by atoms with E-state index in [4.69, 9.17) is 5.11 Å². The summed E-state index contributed by atoms with van der Waals surface area (Å²) in [5.41, 5.74) is -0.663. The summed E-state index contributed by atoms with van der Waals surface area (Å²) in [7, 11) is 0. The van der Waals surface area contributed by atoms with Gasteiger partial charge in [-0.3, -0.25) is 9.59 Å². The molecule has 100 valence electrons. The first-order valence-electron chi connectivity index (χ1n) is 6.11. The van der Waals surface area contributed by atoms with Crippen LogP contribution in [-0.4, -0.2) is 35.6 Å². The Morgan fingerprint density at radius 1 is 1.29 bits per heavy atom. The zero-order chi connectivity index (χ0) is 13.5. The zero-order valence-electron chi connectivity index (χ0n) is 11.2. The molecule has 0 aliphatic carbocycles. The van der Waals surface area contributed by atoms with E-state index in [2.05, 4.69) is 10.6 Å². The number of hydrogen-bond donors (Lipinski definition) is 3. The molecule has 3 N–H and O–H groups in total. The van der Waals surface area contributed by atoms with Gasteiger partial charge in [0.15, 0.2) is 0 Å². The van der Waals surface area contributed by atoms with E-state index in [0.717, 1.165) is 6.42 Å². The van der Waals surface area contributed by atoms with E-state index in [1.54, 1.807) is 13.8 Å². The number of hydrogen-bond acceptors (Lipinski definition) is 3. The van der Waals surface area contributed by atoms with E-state index < -0.39 is 17.4 Å². The SMILES string of the molecule is CCCC(CNC(=O)C(C)(C)NCC)C(=O)O. The van der Waals surface area contributed by atoms with Crippen molar-refractivity contribution in [3.63, 3.8) is 0 Å². The highest BCUT2D eigenvalue weighted by Gasteiger charge is 2.27. The summed E-state index contributed by atoms with van der Waals surface area (Å²) in [6.07, 6.45) is 1.38. The summed E-state index contributed by atoms with van der Waals surface area (Å²) in [6.45, 7) is 8.30. The summed E-state index contributed by atoms with van der Waals surface area (Å²) in [5, 5.41) is 14.7. The molecule has 0 aromatic heterocycles. The van der Waals surface area contributed by atoms with Crippen LogP contribution in [0.3, 0.4) is 0 Å². The van der Waals surface area contributed by atoms with E-state index in [1.165, 1.54) is 0 Å². The molecule has 1 amide bonds. The maximum Gasteiger partial charge on any atom is 0.308 e. The number of carboxylic acid groups (broad SMARTS) is 1. The summed E-state index contributed by atoms with van der Waals surface area (Å²) >= 11 is 0. The van der Waals surface area contributed by atoms with Crippen LogP contribution < -0.4 is 10.6 Å². The Morgan fingerprint density at radius 3 is 2.29 bits per heavy atom. The Balaban J connectivity index is 4.25. The fraction of sp³-hybridized carbons (Fsp3) is 0.833. The first kappa shape index (κ1) is 15.9. The molecule has 0 aliphatic rings. The molecule has 0 aromatic rings. The molecule has 0 saturated heterocycles. The number of aliphatic carboxylic acids is 1. The van der Waals surface area contributed by atoms with Gasteiger partial charge in [-0.15, -0.1) is 0 Å². The van der Waals surface area contributed by atoms with Crippen molar-refractivity contribution in [2.45, 2.75) is 46.1 Å². The molecule has 0 aromatic carbocycles. The Bertz CT molecular complexity index is 264. The van der Waals surface area contributed by atoms with E-state index in [-0.39, 0.29) is 12.5 Å². The maximum atomic E-state index is 11.8. The molecular formula is C12H24N2O3. The number of rotatable bonds is 8. The molecule has 5 heteroatoms. The Hall–Kier alpha value is -1.10. The van der Waals surface area contributed by atoms with Crippen molar-refractivity contribution in [3.8, 4) is 0 Å². The van der Waals surface area contributed by atoms with Gasteiger partial charge in [-0.25, -0.2) is 0 Å². The van der Waals surface area contributed by atoms with Gasteiger partial charge in [0.1, 0.15) is 0 Å². The van der Waals surface area contributed by atoms with Crippen molar-refractivity contribution in [3.05, 3.63) is 0 Å². The van der Waals surface area contributed by atoms with Gasteiger partial charge in [0, 0.05) is 6.54 Å². The van der Waals surface area contributed by atoms with Crippen LogP contribution in [0.1, 0.15) is 40.5 Å². The average Bonchev–Trinajstić information content (AvgIpc) is 2.23. The monoisotopic (exact) mass is 244 g/mol. The number of amides is 1. The van der Waals surface area contributed by atoms with Crippen LogP contribution in [-0.2, 0) is 9.59 Å². The van der Waals surface area contributed by atoms with Gasteiger partial charge in [-0.2, -0.15) is 0 Å². The van der Waals surface area contributed by atoms with Crippen LogP contribution in [0.2, 0.25) is 0 Å². The van der Waals surface area contributed by atoms with Gasteiger partial charge in [0.05, 0.1) is 11.5 Å². The molecule has 0 spiro atoms. The van der Waals surface area contributed by atoms with Gasteiger partial charge in [0.2, 0.25) is 5.91 Å². The second kappa shape index (κ2) is 7.27. The largest absolute Gasteiger partial charge is 0.481 e.